The Bertz CT molecular complexity index is 1250. The van der Waals surface area contributed by atoms with E-state index in [2.05, 4.69) is 0 Å². The lowest BCUT2D eigenvalue weighted by molar-refractivity contribution is 0.525. The Morgan fingerprint density at radius 1 is 0.633 bits per heavy atom. The monoisotopic (exact) mass is 443 g/mol. The minimum absolute atomic E-state index is 0.0858. The molecule has 0 fully saturated rings. The Morgan fingerprint density at radius 2 is 1.10 bits per heavy atom. The van der Waals surface area contributed by atoms with Crippen LogP contribution < -0.4 is 0 Å². The van der Waals surface area contributed by atoms with Gasteiger partial charge in [0, 0.05) is 12.0 Å². The van der Waals surface area contributed by atoms with Crippen LogP contribution in [0.25, 0.3) is 5.70 Å². The summed E-state index contributed by atoms with van der Waals surface area (Å²) in [5.41, 5.74) is 0.482. The second-order valence-electron chi connectivity index (χ2n) is 6.74. The van der Waals surface area contributed by atoms with E-state index in [1.165, 1.54) is 54.6 Å². The number of allylic oxidation sites excluding steroid dienone is 1. The van der Waals surface area contributed by atoms with E-state index in [0.717, 1.165) is 0 Å². The van der Waals surface area contributed by atoms with Crippen molar-refractivity contribution in [1.29, 1.82) is 0 Å². The summed E-state index contributed by atoms with van der Waals surface area (Å²) in [5, 5.41) is 0. The van der Waals surface area contributed by atoms with Crippen molar-refractivity contribution in [3.8, 4) is 0 Å². The van der Waals surface area contributed by atoms with Crippen LogP contribution in [-0.4, -0.2) is 20.5 Å². The van der Waals surface area contributed by atoms with Crippen LogP contribution in [0.4, 0.5) is 4.39 Å². The van der Waals surface area contributed by atoms with Crippen molar-refractivity contribution in [1.82, 2.24) is 3.71 Å². The first kappa shape index (κ1) is 20.3. The SMILES string of the molecule is O=S(=O)(c1ccccc1)N(C1=C(F)CCc2ccccc21)S(=O)(=O)c1ccccc1. The van der Waals surface area contributed by atoms with Crippen molar-refractivity contribution >= 4 is 25.7 Å². The molecule has 1 aliphatic rings. The minimum Gasteiger partial charge on any atom is -0.209 e. The largest absolute Gasteiger partial charge is 0.277 e. The molecular formula is C22H18FNO4S2. The van der Waals surface area contributed by atoms with Gasteiger partial charge in [0.15, 0.2) is 0 Å². The second-order valence-corrected chi connectivity index (χ2v) is 10.5. The summed E-state index contributed by atoms with van der Waals surface area (Å²) in [7, 11) is -9.27. The molecule has 0 atom stereocenters. The van der Waals surface area contributed by atoms with Crippen LogP contribution in [0.3, 0.4) is 0 Å². The van der Waals surface area contributed by atoms with E-state index in [4.69, 9.17) is 0 Å². The standard InChI is InChI=1S/C22H18FNO4S2/c23-21-16-15-17-9-7-8-14-20(17)22(21)24(29(25,26)18-10-3-1-4-11-18)30(27,28)19-12-5-2-6-13-19/h1-14H,15-16H2. The molecule has 30 heavy (non-hydrogen) atoms. The molecule has 1 aliphatic carbocycles. The summed E-state index contributed by atoms with van der Waals surface area (Å²) in [6.45, 7) is 0. The van der Waals surface area contributed by atoms with Crippen LogP contribution in [0, 0.1) is 0 Å². The molecule has 0 radical (unpaired) electrons. The average Bonchev–Trinajstić information content (AvgIpc) is 2.76. The molecule has 0 unspecified atom stereocenters. The quantitative estimate of drug-likeness (QED) is 0.588. The number of rotatable bonds is 5. The topological polar surface area (TPSA) is 71.5 Å². The van der Waals surface area contributed by atoms with Crippen molar-refractivity contribution < 1.29 is 21.2 Å². The van der Waals surface area contributed by atoms with Crippen molar-refractivity contribution in [2.75, 3.05) is 0 Å². The highest BCUT2D eigenvalue weighted by molar-refractivity contribution is 8.04. The average molecular weight is 444 g/mol. The number of nitrogens with zero attached hydrogens (tertiary/aromatic N) is 1. The zero-order valence-corrected chi connectivity index (χ0v) is 17.4. The van der Waals surface area contributed by atoms with Gasteiger partial charge in [0.1, 0.15) is 11.5 Å². The fraction of sp³-hybridized carbons (Fsp3) is 0.0909. The molecule has 154 valence electrons. The van der Waals surface area contributed by atoms with Gasteiger partial charge in [-0.1, -0.05) is 60.7 Å². The molecule has 3 aromatic rings. The first-order valence-electron chi connectivity index (χ1n) is 9.21. The maximum absolute atomic E-state index is 15.2. The number of hydrogen-bond acceptors (Lipinski definition) is 4. The van der Waals surface area contributed by atoms with Crippen LogP contribution >= 0.6 is 0 Å². The molecule has 0 amide bonds. The second kappa shape index (κ2) is 7.70. The lowest BCUT2D eigenvalue weighted by Crippen LogP contribution is -2.37. The molecule has 4 rings (SSSR count). The van der Waals surface area contributed by atoms with E-state index < -0.39 is 31.6 Å². The molecule has 0 heterocycles. The maximum atomic E-state index is 15.2. The highest BCUT2D eigenvalue weighted by Gasteiger charge is 2.41. The molecule has 0 aromatic heterocycles. The molecule has 3 aromatic carbocycles. The third-order valence-corrected chi connectivity index (χ3v) is 9.00. The Kier molecular flexibility index (Phi) is 5.21. The van der Waals surface area contributed by atoms with Crippen LogP contribution in [-0.2, 0) is 26.5 Å². The number of aryl methyl sites for hydroxylation is 1. The predicted molar refractivity (Wildman–Crippen MR) is 112 cm³/mol. The highest BCUT2D eigenvalue weighted by atomic mass is 32.3. The zero-order chi connectivity index (χ0) is 21.4. The molecule has 0 saturated heterocycles. The Balaban J connectivity index is 2.04. The molecule has 0 bridgehead atoms. The number of halogens is 1. The summed E-state index contributed by atoms with van der Waals surface area (Å²) < 4.78 is 69.6. The van der Waals surface area contributed by atoms with E-state index in [-0.39, 0.29) is 25.5 Å². The minimum atomic E-state index is -4.63. The van der Waals surface area contributed by atoms with Gasteiger partial charge in [0.25, 0.3) is 20.0 Å². The lowest BCUT2D eigenvalue weighted by atomic mass is 9.94. The van der Waals surface area contributed by atoms with Crippen molar-refractivity contribution in [2.24, 2.45) is 0 Å². The molecule has 0 saturated carbocycles. The summed E-state index contributed by atoms with van der Waals surface area (Å²) in [6.07, 6.45) is 0.271. The first-order valence-corrected chi connectivity index (χ1v) is 12.1. The third kappa shape index (κ3) is 3.42. The van der Waals surface area contributed by atoms with E-state index in [1.54, 1.807) is 30.3 Å². The Morgan fingerprint density at radius 3 is 1.63 bits per heavy atom. The third-order valence-electron chi connectivity index (χ3n) is 4.84. The normalized spacial score (nSPS) is 14.3. The molecule has 0 aliphatic heterocycles. The Labute approximate surface area is 175 Å². The van der Waals surface area contributed by atoms with E-state index in [0.29, 0.717) is 12.0 Å². The summed E-state index contributed by atoms with van der Waals surface area (Å²) in [5.74, 6) is -0.785. The fourth-order valence-corrected chi connectivity index (χ4v) is 7.23. The van der Waals surface area contributed by atoms with E-state index in [9.17, 15) is 16.8 Å². The van der Waals surface area contributed by atoms with E-state index >= 15 is 4.39 Å². The van der Waals surface area contributed by atoms with Gasteiger partial charge in [0.05, 0.1) is 9.79 Å². The molecule has 0 spiro atoms. The molecule has 5 nitrogen and oxygen atoms in total. The highest BCUT2D eigenvalue weighted by Crippen LogP contribution is 2.40. The van der Waals surface area contributed by atoms with Gasteiger partial charge >= 0.3 is 0 Å². The summed E-state index contributed by atoms with van der Waals surface area (Å²) >= 11 is 0. The fourth-order valence-electron chi connectivity index (χ4n) is 3.42. The maximum Gasteiger partial charge on any atom is 0.277 e. The number of benzene rings is 3. The van der Waals surface area contributed by atoms with Crippen molar-refractivity contribution in [2.45, 2.75) is 22.6 Å². The number of fused-ring (bicyclic) bond motifs is 1. The zero-order valence-electron chi connectivity index (χ0n) is 15.8. The van der Waals surface area contributed by atoms with E-state index in [1.807, 2.05) is 0 Å². The Hall–Kier alpha value is -2.97. The lowest BCUT2D eigenvalue weighted by Gasteiger charge is -2.30. The van der Waals surface area contributed by atoms with Crippen LogP contribution in [0.15, 0.2) is 101 Å². The molecule has 0 N–H and O–H groups in total. The van der Waals surface area contributed by atoms with Gasteiger partial charge < -0.3 is 0 Å². The van der Waals surface area contributed by atoms with Gasteiger partial charge in [-0.05, 0) is 36.2 Å². The van der Waals surface area contributed by atoms with Gasteiger partial charge in [-0.25, -0.2) is 21.2 Å². The number of hydrogen-bond donors (Lipinski definition) is 0. The van der Waals surface area contributed by atoms with Crippen LogP contribution in [0.1, 0.15) is 17.5 Å². The predicted octanol–water partition coefficient (Wildman–Crippen LogP) is 4.35. The number of sulfonamides is 2. The first-order chi connectivity index (χ1) is 14.3. The summed E-state index contributed by atoms with van der Waals surface area (Å²) in [4.78, 5) is -0.485. The van der Waals surface area contributed by atoms with Gasteiger partial charge in [-0.15, -0.1) is 0 Å². The summed E-state index contributed by atoms with van der Waals surface area (Å²) in [6, 6.07) is 21.0. The van der Waals surface area contributed by atoms with Crippen LogP contribution in [0.2, 0.25) is 0 Å². The van der Waals surface area contributed by atoms with Gasteiger partial charge in [-0.3, -0.25) is 0 Å². The van der Waals surface area contributed by atoms with Gasteiger partial charge in [-0.2, -0.15) is 3.71 Å². The molecule has 8 heteroatoms. The smallest absolute Gasteiger partial charge is 0.209 e. The van der Waals surface area contributed by atoms with Crippen molar-refractivity contribution in [3.63, 3.8) is 0 Å². The van der Waals surface area contributed by atoms with Crippen molar-refractivity contribution in [3.05, 3.63) is 102 Å². The molecular weight excluding hydrogens is 425 g/mol. The van der Waals surface area contributed by atoms with Crippen LogP contribution in [0.5, 0.6) is 0 Å². The van der Waals surface area contributed by atoms with Gasteiger partial charge in [0.2, 0.25) is 0 Å².